The Labute approximate surface area is 200 Å². The van der Waals surface area contributed by atoms with E-state index >= 15 is 0 Å². The third kappa shape index (κ3) is 4.48. The van der Waals surface area contributed by atoms with Crippen LogP contribution in [0.25, 0.3) is 0 Å². The van der Waals surface area contributed by atoms with Gasteiger partial charge in [-0.3, -0.25) is 20.6 Å². The van der Waals surface area contributed by atoms with Crippen molar-refractivity contribution >= 4 is 35.4 Å². The molecule has 1 aromatic heterocycles. The molecule has 1 aromatic carbocycles. The third-order valence-corrected chi connectivity index (χ3v) is 6.34. The number of nitrogens with zero attached hydrogens (tertiary/aromatic N) is 5. The fourth-order valence-corrected chi connectivity index (χ4v) is 4.62. The fourth-order valence-electron chi connectivity index (χ4n) is 4.62. The number of carbonyl (C=O) groups excluding carboxylic acids is 1. The van der Waals surface area contributed by atoms with E-state index in [4.69, 9.17) is 15.6 Å². The average molecular weight is 464 g/mol. The molecule has 0 radical (unpaired) electrons. The number of amides is 2. The van der Waals surface area contributed by atoms with Crippen molar-refractivity contribution in [1.82, 2.24) is 9.88 Å². The van der Waals surface area contributed by atoms with Crippen LogP contribution in [0.5, 0.6) is 0 Å². The lowest BCUT2D eigenvalue weighted by Crippen LogP contribution is -2.49. The smallest absolute Gasteiger partial charge is 0.330 e. The number of rotatable bonds is 6. The van der Waals surface area contributed by atoms with Crippen LogP contribution in [0.3, 0.4) is 0 Å². The molecule has 4 rings (SSSR count). The van der Waals surface area contributed by atoms with Gasteiger partial charge in [0.15, 0.2) is 5.84 Å². The first-order valence-corrected chi connectivity index (χ1v) is 11.7. The van der Waals surface area contributed by atoms with Crippen LogP contribution in [0, 0.1) is 10.8 Å². The molecule has 2 fully saturated rings. The molecular formula is C25H33N7O2. The molecule has 3 heterocycles. The number of ether oxygens (including phenoxy) is 1. The van der Waals surface area contributed by atoms with E-state index in [9.17, 15) is 4.79 Å². The van der Waals surface area contributed by atoms with Gasteiger partial charge in [0.1, 0.15) is 11.5 Å². The monoisotopic (exact) mass is 463 g/mol. The van der Waals surface area contributed by atoms with Gasteiger partial charge in [0.25, 0.3) is 0 Å². The van der Waals surface area contributed by atoms with Gasteiger partial charge in [0, 0.05) is 42.6 Å². The minimum absolute atomic E-state index is 0.0363. The molecule has 0 unspecified atom stereocenters. The van der Waals surface area contributed by atoms with Gasteiger partial charge in [-0.2, -0.15) is 0 Å². The zero-order valence-electron chi connectivity index (χ0n) is 20.2. The predicted molar refractivity (Wildman–Crippen MR) is 136 cm³/mol. The SMILES string of the molecule is CC(C)N(C=N)C(=N)c1cccc(N2CCN(c3ccc(N4[C@H](C)COC[C@@H]4C)cc3)C2=O)n1. The Bertz CT molecular complexity index is 1050. The van der Waals surface area contributed by atoms with Crippen LogP contribution < -0.4 is 14.7 Å². The standard InChI is InChI=1S/C25H33N7O2/c1-17(2)31(16-26)24(27)22-6-5-7-23(28-22)30-13-12-29(25(30)33)20-8-10-21(11-9-20)32-18(3)14-34-15-19(32)4/h5-11,16-19,26-27H,12-15H2,1-4H3/t18-,19+. The van der Waals surface area contributed by atoms with E-state index in [0.717, 1.165) is 17.7 Å². The van der Waals surface area contributed by atoms with Crippen LogP contribution in [0.4, 0.5) is 22.0 Å². The number of morpholine rings is 1. The molecule has 0 bridgehead atoms. The van der Waals surface area contributed by atoms with Crippen LogP contribution in [0.1, 0.15) is 33.4 Å². The summed E-state index contributed by atoms with van der Waals surface area (Å²) < 4.78 is 5.64. The number of amidine groups is 1. The maximum Gasteiger partial charge on any atom is 0.330 e. The molecule has 2 aliphatic rings. The Balaban J connectivity index is 1.50. The van der Waals surface area contributed by atoms with Crippen molar-refractivity contribution in [2.75, 3.05) is 41.0 Å². The molecule has 2 amide bonds. The summed E-state index contributed by atoms with van der Waals surface area (Å²) in [6.07, 6.45) is 1.13. The maximum atomic E-state index is 13.3. The van der Waals surface area contributed by atoms with Gasteiger partial charge in [-0.15, -0.1) is 0 Å². The molecule has 9 heteroatoms. The maximum absolute atomic E-state index is 13.3. The van der Waals surface area contributed by atoms with Gasteiger partial charge < -0.3 is 14.5 Å². The quantitative estimate of drug-likeness (QED) is 0.502. The minimum atomic E-state index is -0.134. The van der Waals surface area contributed by atoms with Crippen LogP contribution in [-0.2, 0) is 4.74 Å². The Morgan fingerprint density at radius 2 is 1.68 bits per heavy atom. The highest BCUT2D eigenvalue weighted by Gasteiger charge is 2.32. The van der Waals surface area contributed by atoms with Crippen LogP contribution >= 0.6 is 0 Å². The number of nitrogens with one attached hydrogen (secondary N) is 2. The second-order valence-electron chi connectivity index (χ2n) is 9.10. The molecule has 2 N–H and O–H groups in total. The summed E-state index contributed by atoms with van der Waals surface area (Å²) in [7, 11) is 0. The minimum Gasteiger partial charge on any atom is -0.377 e. The molecule has 34 heavy (non-hydrogen) atoms. The van der Waals surface area contributed by atoms with Gasteiger partial charge in [0.05, 0.1) is 19.6 Å². The third-order valence-electron chi connectivity index (χ3n) is 6.34. The topological polar surface area (TPSA) is 99.9 Å². The Hall–Kier alpha value is -3.46. The molecular weight excluding hydrogens is 430 g/mol. The number of anilines is 3. The Morgan fingerprint density at radius 1 is 1.06 bits per heavy atom. The number of carbonyl (C=O) groups is 1. The molecule has 0 aliphatic carbocycles. The lowest BCUT2D eigenvalue weighted by Gasteiger charge is -2.40. The van der Waals surface area contributed by atoms with Crippen molar-refractivity contribution in [2.45, 2.75) is 45.8 Å². The highest BCUT2D eigenvalue weighted by atomic mass is 16.5. The average Bonchev–Trinajstić information content (AvgIpc) is 3.21. The number of aromatic nitrogens is 1. The Morgan fingerprint density at radius 3 is 2.29 bits per heavy atom. The van der Waals surface area contributed by atoms with Crippen molar-refractivity contribution in [2.24, 2.45) is 0 Å². The van der Waals surface area contributed by atoms with E-state index in [-0.39, 0.29) is 17.9 Å². The molecule has 2 aromatic rings. The highest BCUT2D eigenvalue weighted by molar-refractivity contribution is 6.06. The number of urea groups is 1. The lowest BCUT2D eigenvalue weighted by atomic mass is 10.1. The first-order chi connectivity index (χ1) is 16.3. The summed E-state index contributed by atoms with van der Waals surface area (Å²) in [5.74, 6) is 0.647. The number of pyridine rings is 1. The summed E-state index contributed by atoms with van der Waals surface area (Å²) in [6.45, 7) is 10.6. The summed E-state index contributed by atoms with van der Waals surface area (Å²) in [5.41, 5.74) is 2.41. The molecule has 180 valence electrons. The van der Waals surface area contributed by atoms with Crippen molar-refractivity contribution in [3.8, 4) is 0 Å². The summed E-state index contributed by atoms with van der Waals surface area (Å²) in [6, 6.07) is 13.9. The molecule has 0 spiro atoms. The van der Waals surface area contributed by atoms with Crippen molar-refractivity contribution in [3.63, 3.8) is 0 Å². The van der Waals surface area contributed by atoms with E-state index in [1.807, 2.05) is 26.0 Å². The van der Waals surface area contributed by atoms with E-state index in [1.165, 1.54) is 4.90 Å². The molecule has 2 atom stereocenters. The van der Waals surface area contributed by atoms with Gasteiger partial charge in [0.2, 0.25) is 0 Å². The second kappa shape index (κ2) is 9.80. The van der Waals surface area contributed by atoms with Crippen LogP contribution in [0.15, 0.2) is 42.5 Å². The summed E-state index contributed by atoms with van der Waals surface area (Å²) in [4.78, 5) is 25.1. The largest absolute Gasteiger partial charge is 0.377 e. The van der Waals surface area contributed by atoms with E-state index in [0.29, 0.717) is 49.9 Å². The zero-order chi connectivity index (χ0) is 24.4. The van der Waals surface area contributed by atoms with Gasteiger partial charge in [-0.25, -0.2) is 9.78 Å². The van der Waals surface area contributed by atoms with Crippen LogP contribution in [0.2, 0.25) is 0 Å². The summed E-state index contributed by atoms with van der Waals surface area (Å²) in [5, 5.41) is 16.0. The van der Waals surface area contributed by atoms with E-state index in [1.54, 1.807) is 28.0 Å². The second-order valence-corrected chi connectivity index (χ2v) is 9.10. The first-order valence-electron chi connectivity index (χ1n) is 11.7. The summed E-state index contributed by atoms with van der Waals surface area (Å²) >= 11 is 0. The van der Waals surface area contributed by atoms with Crippen molar-refractivity contribution in [3.05, 3.63) is 48.2 Å². The number of hydrogen-bond acceptors (Lipinski definition) is 6. The highest BCUT2D eigenvalue weighted by Crippen LogP contribution is 2.29. The zero-order valence-corrected chi connectivity index (χ0v) is 20.2. The normalized spacial score (nSPS) is 20.7. The Kier molecular flexibility index (Phi) is 6.83. The molecule has 2 saturated heterocycles. The van der Waals surface area contributed by atoms with Gasteiger partial charge in [-0.05, 0) is 64.1 Å². The predicted octanol–water partition coefficient (Wildman–Crippen LogP) is 3.78. The van der Waals surface area contributed by atoms with Gasteiger partial charge in [-0.1, -0.05) is 6.07 Å². The number of hydrogen-bond donors (Lipinski definition) is 2. The fraction of sp³-hybridized carbons (Fsp3) is 0.440. The number of benzene rings is 1. The van der Waals surface area contributed by atoms with Gasteiger partial charge >= 0.3 is 6.03 Å². The molecule has 2 aliphatic heterocycles. The first kappa shape index (κ1) is 23.7. The van der Waals surface area contributed by atoms with Crippen molar-refractivity contribution in [1.29, 1.82) is 10.8 Å². The van der Waals surface area contributed by atoms with Crippen LogP contribution in [-0.4, -0.2) is 72.5 Å². The van der Waals surface area contributed by atoms with E-state index in [2.05, 4.69) is 35.9 Å². The lowest BCUT2D eigenvalue weighted by molar-refractivity contribution is 0.0757. The van der Waals surface area contributed by atoms with E-state index < -0.39 is 0 Å². The molecule has 9 nitrogen and oxygen atoms in total. The molecule has 0 saturated carbocycles. The van der Waals surface area contributed by atoms with Crippen molar-refractivity contribution < 1.29 is 9.53 Å².